The Bertz CT molecular complexity index is 812. The molecule has 1 aromatic heterocycles. The van der Waals surface area contributed by atoms with Gasteiger partial charge in [0.2, 0.25) is 0 Å². The van der Waals surface area contributed by atoms with Crippen LogP contribution in [0, 0.1) is 17.3 Å². The first-order chi connectivity index (χ1) is 11.9. The molecule has 5 atom stereocenters. The van der Waals surface area contributed by atoms with Crippen molar-refractivity contribution < 1.29 is 13.7 Å². The van der Waals surface area contributed by atoms with E-state index in [-0.39, 0.29) is 18.8 Å². The number of benzene rings is 1. The molecule has 0 spiro atoms. The van der Waals surface area contributed by atoms with Crippen LogP contribution >= 0.6 is 0 Å². The normalized spacial score (nSPS) is 37.0. The fourth-order valence-corrected chi connectivity index (χ4v) is 5.78. The van der Waals surface area contributed by atoms with E-state index in [1.807, 2.05) is 18.4 Å². The topological polar surface area (TPSA) is 31.6 Å². The third-order valence-corrected chi connectivity index (χ3v) is 7.54. The summed E-state index contributed by atoms with van der Waals surface area (Å²) >= 11 is 0. The zero-order valence-corrected chi connectivity index (χ0v) is 15.6. The van der Waals surface area contributed by atoms with E-state index < -0.39 is 0 Å². The Morgan fingerprint density at radius 1 is 1.20 bits per heavy atom. The van der Waals surface area contributed by atoms with Crippen molar-refractivity contribution in [3.63, 3.8) is 0 Å². The molecule has 25 heavy (non-hydrogen) atoms. The number of rotatable bonds is 3. The van der Waals surface area contributed by atoms with Crippen molar-refractivity contribution in [1.29, 1.82) is 0 Å². The van der Waals surface area contributed by atoms with E-state index in [1.54, 1.807) is 0 Å². The molecule has 3 aliphatic carbocycles. The molecule has 2 heterocycles. The molecule has 1 aromatic carbocycles. The molecular formula is C21H27BO3. The Balaban J connectivity index is 1.35. The Morgan fingerprint density at radius 2 is 2.00 bits per heavy atom. The van der Waals surface area contributed by atoms with Gasteiger partial charge in [0.25, 0.3) is 0 Å². The molecule has 1 aliphatic heterocycles. The van der Waals surface area contributed by atoms with Crippen molar-refractivity contribution in [1.82, 2.24) is 0 Å². The summed E-state index contributed by atoms with van der Waals surface area (Å²) in [4.78, 5) is 0. The Kier molecular flexibility index (Phi) is 3.28. The summed E-state index contributed by atoms with van der Waals surface area (Å²) in [7, 11) is -0.112. The van der Waals surface area contributed by atoms with Crippen LogP contribution in [0.4, 0.5) is 0 Å². The number of para-hydroxylation sites is 1. The van der Waals surface area contributed by atoms with Gasteiger partial charge in [-0.1, -0.05) is 39.0 Å². The average Bonchev–Trinajstić information content (AvgIpc) is 3.15. The zero-order valence-electron chi connectivity index (χ0n) is 15.6. The monoisotopic (exact) mass is 338 g/mol. The van der Waals surface area contributed by atoms with E-state index in [1.165, 1.54) is 17.4 Å². The smallest absolute Gasteiger partial charge is 0.461 e. The summed E-state index contributed by atoms with van der Waals surface area (Å²) in [6.07, 6.45) is 5.53. The third kappa shape index (κ3) is 2.13. The largest absolute Gasteiger partial charge is 0.464 e. The van der Waals surface area contributed by atoms with Crippen LogP contribution in [0.1, 0.15) is 46.1 Å². The summed E-state index contributed by atoms with van der Waals surface area (Å²) in [5.41, 5.74) is 2.49. The molecule has 132 valence electrons. The standard InChI is InChI=1S/C21H27BO3/c1-13(9-14-12-23-17-8-6-5-7-16(14)17)22-24-19-11-15-10-18(20(15,2)3)21(19,4)25-22/h5-8,12-13,15,18-19H,9-11H2,1-4H3/t13-,15?,18?,19+,21-/m0/s1. The molecule has 4 fully saturated rings. The number of fused-ring (bicyclic) bond motifs is 1. The minimum absolute atomic E-state index is 0.112. The second-order valence-electron chi connectivity index (χ2n) is 9.28. The van der Waals surface area contributed by atoms with Gasteiger partial charge in [0.05, 0.1) is 18.0 Å². The fraction of sp³-hybridized carbons (Fsp3) is 0.619. The van der Waals surface area contributed by atoms with Crippen LogP contribution in [0.25, 0.3) is 11.0 Å². The lowest BCUT2D eigenvalue weighted by molar-refractivity contribution is -0.199. The summed E-state index contributed by atoms with van der Waals surface area (Å²) in [6.45, 7) is 9.35. The van der Waals surface area contributed by atoms with Crippen molar-refractivity contribution in [2.75, 3.05) is 0 Å². The quantitative estimate of drug-likeness (QED) is 0.730. The molecule has 4 heteroatoms. The van der Waals surface area contributed by atoms with Crippen LogP contribution in [0.5, 0.6) is 0 Å². The van der Waals surface area contributed by atoms with E-state index in [4.69, 9.17) is 13.7 Å². The molecule has 2 aromatic rings. The lowest BCUT2D eigenvalue weighted by Gasteiger charge is -2.64. The third-order valence-electron chi connectivity index (χ3n) is 7.54. The molecule has 4 aliphatic rings. The number of hydrogen-bond donors (Lipinski definition) is 0. The van der Waals surface area contributed by atoms with Gasteiger partial charge in [0.1, 0.15) is 5.58 Å². The number of hydrogen-bond acceptors (Lipinski definition) is 3. The maximum atomic E-state index is 6.61. The van der Waals surface area contributed by atoms with E-state index >= 15 is 0 Å². The molecule has 2 bridgehead atoms. The van der Waals surface area contributed by atoms with Gasteiger partial charge in [-0.15, -0.1) is 0 Å². The first-order valence-electron chi connectivity index (χ1n) is 9.68. The molecule has 0 amide bonds. The van der Waals surface area contributed by atoms with Crippen LogP contribution < -0.4 is 0 Å². The molecule has 3 nitrogen and oxygen atoms in total. The zero-order chi connectivity index (χ0) is 17.4. The van der Waals surface area contributed by atoms with Gasteiger partial charge >= 0.3 is 7.12 Å². The van der Waals surface area contributed by atoms with Crippen LogP contribution in [-0.2, 0) is 15.7 Å². The van der Waals surface area contributed by atoms with Crippen LogP contribution in [0.15, 0.2) is 34.9 Å². The lowest BCUT2D eigenvalue weighted by atomic mass is 9.43. The predicted octanol–water partition coefficient (Wildman–Crippen LogP) is 5.09. The van der Waals surface area contributed by atoms with Gasteiger partial charge in [-0.3, -0.25) is 0 Å². The van der Waals surface area contributed by atoms with Gasteiger partial charge in [0, 0.05) is 5.39 Å². The SMILES string of the molecule is C[C@@H](Cc1coc2ccccc12)B1O[C@@H]2CC3CC(C3(C)C)[C@]2(C)O1. The highest BCUT2D eigenvalue weighted by molar-refractivity contribution is 6.47. The molecule has 0 N–H and O–H groups in total. The Morgan fingerprint density at radius 3 is 2.80 bits per heavy atom. The molecule has 2 unspecified atom stereocenters. The van der Waals surface area contributed by atoms with Gasteiger partial charge in [-0.05, 0) is 60.9 Å². The Labute approximate surface area is 150 Å². The van der Waals surface area contributed by atoms with E-state index in [9.17, 15) is 0 Å². The van der Waals surface area contributed by atoms with Gasteiger partial charge in [-0.2, -0.15) is 0 Å². The minimum Gasteiger partial charge on any atom is -0.464 e. The van der Waals surface area contributed by atoms with E-state index in [0.29, 0.717) is 17.2 Å². The van der Waals surface area contributed by atoms with E-state index in [2.05, 4.69) is 39.8 Å². The van der Waals surface area contributed by atoms with E-state index in [0.717, 1.165) is 24.3 Å². The maximum Gasteiger partial charge on any atom is 0.461 e. The van der Waals surface area contributed by atoms with Gasteiger partial charge in [-0.25, -0.2) is 0 Å². The molecule has 1 saturated heterocycles. The highest BCUT2D eigenvalue weighted by Gasteiger charge is 2.68. The van der Waals surface area contributed by atoms with Crippen molar-refractivity contribution in [3.8, 4) is 0 Å². The minimum atomic E-state index is -0.115. The second-order valence-corrected chi connectivity index (χ2v) is 9.28. The second kappa shape index (κ2) is 5.14. The number of furan rings is 1. The summed E-state index contributed by atoms with van der Waals surface area (Å²) in [6, 6.07) is 8.24. The summed E-state index contributed by atoms with van der Waals surface area (Å²) < 4.78 is 18.7. The molecule has 3 saturated carbocycles. The van der Waals surface area contributed by atoms with Crippen molar-refractivity contribution in [3.05, 3.63) is 36.1 Å². The summed E-state index contributed by atoms with van der Waals surface area (Å²) in [5, 5.41) is 1.21. The van der Waals surface area contributed by atoms with Crippen LogP contribution in [0.2, 0.25) is 5.82 Å². The first kappa shape index (κ1) is 16.0. The molecule has 6 rings (SSSR count). The molecule has 0 radical (unpaired) electrons. The highest BCUT2D eigenvalue weighted by atomic mass is 16.7. The fourth-order valence-electron chi connectivity index (χ4n) is 5.78. The van der Waals surface area contributed by atoms with Gasteiger partial charge in [0.15, 0.2) is 0 Å². The average molecular weight is 338 g/mol. The molecular weight excluding hydrogens is 311 g/mol. The predicted molar refractivity (Wildman–Crippen MR) is 99.5 cm³/mol. The maximum absolute atomic E-state index is 6.61. The van der Waals surface area contributed by atoms with Crippen molar-refractivity contribution in [2.45, 2.75) is 64.5 Å². The van der Waals surface area contributed by atoms with Crippen molar-refractivity contribution in [2.24, 2.45) is 17.3 Å². The Hall–Kier alpha value is -1.26. The van der Waals surface area contributed by atoms with Crippen LogP contribution in [0.3, 0.4) is 0 Å². The summed E-state index contributed by atoms with van der Waals surface area (Å²) in [5.74, 6) is 1.73. The first-order valence-corrected chi connectivity index (χ1v) is 9.68. The lowest BCUT2D eigenvalue weighted by Crippen LogP contribution is -2.65. The highest BCUT2D eigenvalue weighted by Crippen LogP contribution is 2.66. The van der Waals surface area contributed by atoms with Crippen molar-refractivity contribution >= 4 is 18.1 Å². The van der Waals surface area contributed by atoms with Crippen LogP contribution in [-0.4, -0.2) is 18.8 Å². The van der Waals surface area contributed by atoms with Gasteiger partial charge < -0.3 is 13.7 Å².